The van der Waals surface area contributed by atoms with Crippen molar-refractivity contribution in [3.63, 3.8) is 0 Å². The van der Waals surface area contributed by atoms with Crippen molar-refractivity contribution >= 4 is 0 Å². The van der Waals surface area contributed by atoms with Gasteiger partial charge in [0.25, 0.3) is 0 Å². The lowest BCUT2D eigenvalue weighted by atomic mass is 10.2. The highest BCUT2D eigenvalue weighted by atomic mass is 15.3. The molecular weight excluding hydrogens is 238 g/mol. The van der Waals surface area contributed by atoms with Gasteiger partial charge >= 0.3 is 0 Å². The molecule has 0 spiro atoms. The summed E-state index contributed by atoms with van der Waals surface area (Å²) in [6.07, 6.45) is 3.52. The predicted octanol–water partition coefficient (Wildman–Crippen LogP) is 1.93. The fourth-order valence-corrected chi connectivity index (χ4v) is 1.85. The molecule has 2 aromatic heterocycles. The molecule has 2 aromatic rings. The molecule has 5 nitrogen and oxygen atoms in total. The predicted molar refractivity (Wildman–Crippen MR) is 74.4 cm³/mol. The van der Waals surface area contributed by atoms with E-state index < -0.39 is 0 Å². The highest BCUT2D eigenvalue weighted by Crippen LogP contribution is 2.02. The van der Waals surface area contributed by atoms with Crippen molar-refractivity contribution in [2.75, 3.05) is 0 Å². The summed E-state index contributed by atoms with van der Waals surface area (Å²) in [4.78, 5) is 8.57. The van der Waals surface area contributed by atoms with Crippen molar-refractivity contribution < 1.29 is 0 Å². The second-order valence-electron chi connectivity index (χ2n) is 5.16. The Hall–Kier alpha value is -1.75. The Morgan fingerprint density at radius 3 is 2.74 bits per heavy atom. The minimum absolute atomic E-state index is 0.571. The fraction of sp³-hybridized carbons (Fsp3) is 0.500. The maximum absolute atomic E-state index is 4.29. The summed E-state index contributed by atoms with van der Waals surface area (Å²) in [5.74, 6) is 1.55. The molecule has 0 radical (unpaired) electrons. The van der Waals surface area contributed by atoms with Gasteiger partial charge < -0.3 is 5.32 Å². The third kappa shape index (κ3) is 4.13. The molecule has 1 N–H and O–H groups in total. The van der Waals surface area contributed by atoms with Crippen LogP contribution in [0.15, 0.2) is 24.7 Å². The molecule has 0 aliphatic carbocycles. The Bertz CT molecular complexity index is 501. The van der Waals surface area contributed by atoms with Crippen LogP contribution in [0.5, 0.6) is 0 Å². The smallest absolute Gasteiger partial charge is 0.140 e. The van der Waals surface area contributed by atoms with Crippen LogP contribution in [-0.2, 0) is 19.6 Å². The van der Waals surface area contributed by atoms with Gasteiger partial charge in [0, 0.05) is 25.0 Å². The number of nitrogens with zero attached hydrogens (tertiary/aromatic N) is 4. The van der Waals surface area contributed by atoms with Crippen LogP contribution < -0.4 is 5.32 Å². The van der Waals surface area contributed by atoms with E-state index in [-0.39, 0.29) is 0 Å². The van der Waals surface area contributed by atoms with Crippen molar-refractivity contribution in [3.8, 4) is 0 Å². The lowest BCUT2D eigenvalue weighted by Gasteiger charge is -2.09. The van der Waals surface area contributed by atoms with E-state index in [4.69, 9.17) is 0 Å². The van der Waals surface area contributed by atoms with Crippen LogP contribution >= 0.6 is 0 Å². The molecule has 0 fully saturated rings. The van der Waals surface area contributed by atoms with Gasteiger partial charge in [0.1, 0.15) is 12.2 Å². The summed E-state index contributed by atoms with van der Waals surface area (Å²) < 4.78 is 1.96. The second kappa shape index (κ2) is 6.43. The van der Waals surface area contributed by atoms with Crippen molar-refractivity contribution in [1.29, 1.82) is 0 Å². The molecule has 2 rings (SSSR count). The van der Waals surface area contributed by atoms with Gasteiger partial charge in [-0.05, 0) is 24.5 Å². The zero-order valence-corrected chi connectivity index (χ0v) is 11.8. The number of aryl methyl sites for hydroxylation is 1. The van der Waals surface area contributed by atoms with Gasteiger partial charge in [0.2, 0.25) is 0 Å². The molecule has 0 unspecified atom stereocenters. The zero-order chi connectivity index (χ0) is 13.7. The molecule has 0 atom stereocenters. The Balaban J connectivity index is 1.85. The van der Waals surface area contributed by atoms with Crippen molar-refractivity contribution in [1.82, 2.24) is 25.1 Å². The van der Waals surface area contributed by atoms with E-state index >= 15 is 0 Å². The summed E-state index contributed by atoms with van der Waals surface area (Å²) in [5, 5.41) is 7.62. The van der Waals surface area contributed by atoms with Gasteiger partial charge in [-0.25, -0.2) is 9.67 Å². The molecule has 0 saturated heterocycles. The number of hydrogen-bond acceptors (Lipinski definition) is 4. The molecule has 0 bridgehead atoms. The van der Waals surface area contributed by atoms with Crippen LogP contribution in [0.2, 0.25) is 0 Å². The molecular formula is C14H21N5. The molecule has 0 saturated carbocycles. The first-order chi connectivity index (χ1) is 9.15. The van der Waals surface area contributed by atoms with Crippen molar-refractivity contribution in [2.45, 2.75) is 40.4 Å². The van der Waals surface area contributed by atoms with Gasteiger partial charge in [0.05, 0.1) is 6.54 Å². The molecule has 19 heavy (non-hydrogen) atoms. The van der Waals surface area contributed by atoms with Crippen LogP contribution in [-0.4, -0.2) is 19.7 Å². The van der Waals surface area contributed by atoms with Crippen LogP contribution in [0, 0.1) is 12.8 Å². The highest BCUT2D eigenvalue weighted by Gasteiger charge is 2.05. The average Bonchev–Trinajstić information content (AvgIpc) is 2.78. The SMILES string of the molecule is Cc1ccc(CNCc2ncnn2CC(C)C)cn1. The lowest BCUT2D eigenvalue weighted by Crippen LogP contribution is -2.18. The molecule has 0 aliphatic heterocycles. The third-order valence-electron chi connectivity index (χ3n) is 2.82. The zero-order valence-electron chi connectivity index (χ0n) is 11.8. The van der Waals surface area contributed by atoms with Crippen LogP contribution in [0.25, 0.3) is 0 Å². The molecule has 0 aliphatic rings. The summed E-state index contributed by atoms with van der Waals surface area (Å²) in [6.45, 7) is 8.77. The van der Waals surface area contributed by atoms with E-state index in [2.05, 4.69) is 40.3 Å². The normalized spacial score (nSPS) is 11.2. The quantitative estimate of drug-likeness (QED) is 0.861. The molecule has 0 amide bonds. The van der Waals surface area contributed by atoms with Crippen LogP contribution in [0.1, 0.15) is 30.9 Å². The molecule has 0 aromatic carbocycles. The summed E-state index contributed by atoms with van der Waals surface area (Å²) in [6, 6.07) is 4.12. The van der Waals surface area contributed by atoms with Crippen LogP contribution in [0.3, 0.4) is 0 Å². The van der Waals surface area contributed by atoms with Gasteiger partial charge in [-0.2, -0.15) is 5.10 Å². The first kappa shape index (κ1) is 13.7. The van der Waals surface area contributed by atoms with E-state index in [9.17, 15) is 0 Å². The van der Waals surface area contributed by atoms with Gasteiger partial charge in [-0.1, -0.05) is 19.9 Å². The third-order valence-corrected chi connectivity index (χ3v) is 2.82. The van der Waals surface area contributed by atoms with Crippen molar-refractivity contribution in [2.24, 2.45) is 5.92 Å². The summed E-state index contributed by atoms with van der Waals surface area (Å²) >= 11 is 0. The lowest BCUT2D eigenvalue weighted by molar-refractivity contribution is 0.457. The number of nitrogens with one attached hydrogen (secondary N) is 1. The first-order valence-electron chi connectivity index (χ1n) is 6.64. The van der Waals surface area contributed by atoms with E-state index in [1.807, 2.05) is 23.9 Å². The number of aromatic nitrogens is 4. The summed E-state index contributed by atoms with van der Waals surface area (Å²) in [5.41, 5.74) is 2.22. The standard InChI is InChI=1S/C14H21N5/c1-11(2)9-19-14(17-10-18-19)8-15-6-13-5-4-12(3)16-7-13/h4-5,7,10-11,15H,6,8-9H2,1-3H3. The molecule has 5 heteroatoms. The largest absolute Gasteiger partial charge is 0.306 e. The molecule has 2 heterocycles. The Morgan fingerprint density at radius 2 is 2.05 bits per heavy atom. The van der Waals surface area contributed by atoms with E-state index in [1.54, 1.807) is 6.33 Å². The van der Waals surface area contributed by atoms with Gasteiger partial charge in [0.15, 0.2) is 0 Å². The maximum atomic E-state index is 4.29. The highest BCUT2D eigenvalue weighted by molar-refractivity contribution is 5.12. The maximum Gasteiger partial charge on any atom is 0.140 e. The van der Waals surface area contributed by atoms with Crippen molar-refractivity contribution in [3.05, 3.63) is 41.7 Å². The number of hydrogen-bond donors (Lipinski definition) is 1. The van der Waals surface area contributed by atoms with Gasteiger partial charge in [-0.15, -0.1) is 0 Å². The van der Waals surface area contributed by atoms with E-state index in [0.29, 0.717) is 5.92 Å². The second-order valence-corrected chi connectivity index (χ2v) is 5.16. The minimum Gasteiger partial charge on any atom is -0.306 e. The Labute approximate surface area is 114 Å². The topological polar surface area (TPSA) is 55.6 Å². The van der Waals surface area contributed by atoms with Crippen LogP contribution in [0.4, 0.5) is 0 Å². The average molecular weight is 259 g/mol. The monoisotopic (exact) mass is 259 g/mol. The summed E-state index contributed by atoms with van der Waals surface area (Å²) in [7, 11) is 0. The van der Waals surface area contributed by atoms with Gasteiger partial charge in [-0.3, -0.25) is 4.98 Å². The first-order valence-corrected chi connectivity index (χ1v) is 6.64. The Morgan fingerprint density at radius 1 is 1.21 bits per heavy atom. The minimum atomic E-state index is 0.571. The fourth-order valence-electron chi connectivity index (χ4n) is 1.85. The van der Waals surface area contributed by atoms with E-state index in [1.165, 1.54) is 5.56 Å². The number of pyridine rings is 1. The number of rotatable bonds is 6. The Kier molecular flexibility index (Phi) is 4.63. The van der Waals surface area contributed by atoms with E-state index in [0.717, 1.165) is 31.2 Å². The molecule has 102 valence electrons.